The Hall–Kier alpha value is -1.88. The Balaban J connectivity index is 1.88. The average molecular weight is 235 g/mol. The van der Waals surface area contributed by atoms with Crippen LogP contribution in [0.2, 0.25) is 0 Å². The summed E-state index contributed by atoms with van der Waals surface area (Å²) in [5.74, 6) is -1.88. The molecule has 1 unspecified atom stereocenters. The van der Waals surface area contributed by atoms with E-state index in [1.54, 1.807) is 0 Å². The molecule has 90 valence electrons. The molecular weight excluding hydrogens is 222 g/mol. The van der Waals surface area contributed by atoms with Crippen molar-refractivity contribution in [1.82, 2.24) is 5.06 Å². The van der Waals surface area contributed by atoms with Gasteiger partial charge in [-0.2, -0.15) is 0 Å². The van der Waals surface area contributed by atoms with Crippen LogP contribution in [-0.4, -0.2) is 28.6 Å². The Kier molecular flexibility index (Phi) is 3.39. The van der Waals surface area contributed by atoms with Gasteiger partial charge in [-0.25, -0.2) is 5.06 Å². The number of nitrogens with zero attached hydrogens (tertiary/aromatic N) is 1. The monoisotopic (exact) mass is 235 g/mol. The Morgan fingerprint density at radius 3 is 2.71 bits per heavy atom. The number of carbonyl (C=O) groups excluding carboxylic acids is 1. The summed E-state index contributed by atoms with van der Waals surface area (Å²) in [6.07, 6.45) is 0.0180. The number of aliphatic carboxylic acids is 1. The van der Waals surface area contributed by atoms with Crippen LogP contribution in [-0.2, 0) is 21.0 Å². The zero-order valence-corrected chi connectivity index (χ0v) is 9.20. The lowest BCUT2D eigenvalue weighted by Crippen LogP contribution is -2.26. The molecule has 1 saturated heterocycles. The van der Waals surface area contributed by atoms with Gasteiger partial charge in [0.15, 0.2) is 0 Å². The molecule has 5 heteroatoms. The molecule has 0 radical (unpaired) electrons. The van der Waals surface area contributed by atoms with E-state index in [1.807, 2.05) is 30.3 Å². The Morgan fingerprint density at radius 2 is 2.12 bits per heavy atom. The van der Waals surface area contributed by atoms with E-state index in [4.69, 9.17) is 9.94 Å². The number of benzene rings is 1. The van der Waals surface area contributed by atoms with Crippen molar-refractivity contribution in [3.8, 4) is 0 Å². The van der Waals surface area contributed by atoms with Gasteiger partial charge in [0, 0.05) is 6.42 Å². The molecular formula is C12H13NO4. The summed E-state index contributed by atoms with van der Waals surface area (Å²) in [4.78, 5) is 27.5. The largest absolute Gasteiger partial charge is 0.481 e. The smallest absolute Gasteiger partial charge is 0.308 e. The predicted molar refractivity (Wildman–Crippen MR) is 58.7 cm³/mol. The number of carbonyl (C=O) groups is 2. The number of hydrogen-bond donors (Lipinski definition) is 1. The first kappa shape index (κ1) is 11.6. The van der Waals surface area contributed by atoms with Crippen LogP contribution in [0.3, 0.4) is 0 Å². The standard InChI is InChI=1S/C12H13NO4/c14-11-6-10(12(15)16)7-13(11)17-8-9-4-2-1-3-5-9/h1-5,10H,6-8H2,(H,15,16). The predicted octanol–water partition coefficient (Wildman–Crippen LogP) is 1.05. The zero-order chi connectivity index (χ0) is 12.3. The highest BCUT2D eigenvalue weighted by Crippen LogP contribution is 2.19. The van der Waals surface area contributed by atoms with Crippen LogP contribution >= 0.6 is 0 Å². The molecule has 1 amide bonds. The molecule has 1 aromatic rings. The number of rotatable bonds is 4. The quantitative estimate of drug-likeness (QED) is 0.847. The van der Waals surface area contributed by atoms with Crippen LogP contribution in [0.1, 0.15) is 12.0 Å². The number of hydroxylamine groups is 2. The second-order valence-corrected chi connectivity index (χ2v) is 3.95. The van der Waals surface area contributed by atoms with Gasteiger partial charge in [0.1, 0.15) is 6.61 Å². The minimum Gasteiger partial charge on any atom is -0.481 e. The maximum atomic E-state index is 11.4. The molecule has 0 aromatic heterocycles. The number of carboxylic acid groups (broad SMARTS) is 1. The molecule has 2 rings (SSSR count). The molecule has 0 aliphatic carbocycles. The van der Waals surface area contributed by atoms with Crippen molar-refractivity contribution in [1.29, 1.82) is 0 Å². The van der Waals surface area contributed by atoms with E-state index in [0.29, 0.717) is 0 Å². The third-order valence-electron chi connectivity index (χ3n) is 2.66. The summed E-state index contributed by atoms with van der Waals surface area (Å²) in [6, 6.07) is 9.42. The van der Waals surface area contributed by atoms with Crippen LogP contribution in [0.25, 0.3) is 0 Å². The van der Waals surface area contributed by atoms with Crippen LogP contribution in [0, 0.1) is 5.92 Å². The maximum absolute atomic E-state index is 11.4. The van der Waals surface area contributed by atoms with Crippen molar-refractivity contribution in [3.05, 3.63) is 35.9 Å². The van der Waals surface area contributed by atoms with Gasteiger partial charge in [-0.05, 0) is 5.56 Å². The Labute approximate surface area is 98.6 Å². The normalized spacial score (nSPS) is 19.6. The number of hydrogen-bond acceptors (Lipinski definition) is 3. The van der Waals surface area contributed by atoms with E-state index < -0.39 is 11.9 Å². The molecule has 1 aromatic carbocycles. The van der Waals surface area contributed by atoms with Gasteiger partial charge in [-0.15, -0.1) is 0 Å². The van der Waals surface area contributed by atoms with Crippen LogP contribution in [0.15, 0.2) is 30.3 Å². The molecule has 1 fully saturated rings. The molecule has 1 aliphatic heterocycles. The second kappa shape index (κ2) is 4.97. The maximum Gasteiger partial charge on any atom is 0.308 e. The Morgan fingerprint density at radius 1 is 1.41 bits per heavy atom. The van der Waals surface area contributed by atoms with Gasteiger partial charge in [0.25, 0.3) is 0 Å². The first-order valence-electron chi connectivity index (χ1n) is 5.37. The molecule has 0 bridgehead atoms. The molecule has 1 atom stereocenters. The Bertz CT molecular complexity index is 418. The second-order valence-electron chi connectivity index (χ2n) is 3.95. The van der Waals surface area contributed by atoms with Crippen LogP contribution in [0.5, 0.6) is 0 Å². The van der Waals surface area contributed by atoms with Crippen LogP contribution < -0.4 is 0 Å². The van der Waals surface area contributed by atoms with Crippen molar-refractivity contribution >= 4 is 11.9 Å². The zero-order valence-electron chi connectivity index (χ0n) is 9.20. The minimum atomic E-state index is -0.954. The number of amides is 1. The summed E-state index contributed by atoms with van der Waals surface area (Å²) < 4.78 is 0. The summed E-state index contributed by atoms with van der Waals surface area (Å²) in [6.45, 7) is 0.403. The lowest BCUT2D eigenvalue weighted by atomic mass is 10.1. The SMILES string of the molecule is O=C(O)C1CC(=O)N(OCc2ccccc2)C1. The highest BCUT2D eigenvalue weighted by Gasteiger charge is 2.35. The summed E-state index contributed by atoms with van der Waals surface area (Å²) >= 11 is 0. The molecule has 1 aliphatic rings. The van der Waals surface area contributed by atoms with Gasteiger partial charge in [0.2, 0.25) is 5.91 Å². The molecule has 17 heavy (non-hydrogen) atoms. The minimum absolute atomic E-state index is 0.0180. The highest BCUT2D eigenvalue weighted by atomic mass is 16.7. The molecule has 1 N–H and O–H groups in total. The molecule has 1 heterocycles. The van der Waals surface area contributed by atoms with E-state index in [-0.39, 0.29) is 25.5 Å². The van der Waals surface area contributed by atoms with E-state index >= 15 is 0 Å². The summed E-state index contributed by atoms with van der Waals surface area (Å²) in [7, 11) is 0. The van der Waals surface area contributed by atoms with E-state index in [9.17, 15) is 9.59 Å². The molecule has 5 nitrogen and oxygen atoms in total. The van der Waals surface area contributed by atoms with Gasteiger partial charge < -0.3 is 5.11 Å². The van der Waals surface area contributed by atoms with Crippen LogP contribution in [0.4, 0.5) is 0 Å². The summed E-state index contributed by atoms with van der Waals surface area (Å²) in [5, 5.41) is 9.94. The topological polar surface area (TPSA) is 66.8 Å². The molecule has 0 saturated carbocycles. The lowest BCUT2D eigenvalue weighted by molar-refractivity contribution is -0.183. The fourth-order valence-electron chi connectivity index (χ4n) is 1.70. The lowest BCUT2D eigenvalue weighted by Gasteiger charge is -2.15. The summed E-state index contributed by atoms with van der Waals surface area (Å²) in [5.41, 5.74) is 0.944. The van der Waals surface area contributed by atoms with Crippen molar-refractivity contribution in [2.45, 2.75) is 13.0 Å². The third kappa shape index (κ3) is 2.82. The first-order valence-corrected chi connectivity index (χ1v) is 5.37. The van der Waals surface area contributed by atoms with E-state index in [1.165, 1.54) is 0 Å². The average Bonchev–Trinajstić information content (AvgIpc) is 2.70. The van der Waals surface area contributed by atoms with Crippen molar-refractivity contribution in [2.75, 3.05) is 6.54 Å². The number of carboxylic acids is 1. The van der Waals surface area contributed by atoms with Gasteiger partial charge in [-0.3, -0.25) is 14.4 Å². The molecule has 0 spiro atoms. The first-order chi connectivity index (χ1) is 8.16. The fraction of sp³-hybridized carbons (Fsp3) is 0.333. The van der Waals surface area contributed by atoms with Crippen molar-refractivity contribution in [2.24, 2.45) is 5.92 Å². The highest BCUT2D eigenvalue weighted by molar-refractivity contribution is 5.85. The van der Waals surface area contributed by atoms with E-state index in [2.05, 4.69) is 0 Å². The van der Waals surface area contributed by atoms with E-state index in [0.717, 1.165) is 10.6 Å². The van der Waals surface area contributed by atoms with Gasteiger partial charge in [-0.1, -0.05) is 30.3 Å². The van der Waals surface area contributed by atoms with Crippen molar-refractivity contribution in [3.63, 3.8) is 0 Å². The van der Waals surface area contributed by atoms with Gasteiger partial charge in [0.05, 0.1) is 12.5 Å². The third-order valence-corrected chi connectivity index (χ3v) is 2.66. The van der Waals surface area contributed by atoms with Gasteiger partial charge >= 0.3 is 5.97 Å². The van der Waals surface area contributed by atoms with Crippen molar-refractivity contribution < 1.29 is 19.5 Å². The fourth-order valence-corrected chi connectivity index (χ4v) is 1.70.